The average Bonchev–Trinajstić information content (AvgIpc) is 3.15. The number of aromatic nitrogens is 1. The molecule has 8 nitrogen and oxygen atoms in total. The van der Waals surface area contributed by atoms with Gasteiger partial charge in [-0.2, -0.15) is 0 Å². The Kier molecular flexibility index (Phi) is 6.94. The average molecular weight is 465 g/mol. The van der Waals surface area contributed by atoms with Gasteiger partial charge in [-0.3, -0.25) is 14.5 Å². The van der Waals surface area contributed by atoms with E-state index in [1.165, 1.54) is 0 Å². The van der Waals surface area contributed by atoms with Gasteiger partial charge in [0.2, 0.25) is 11.8 Å². The molecule has 1 aromatic carbocycles. The van der Waals surface area contributed by atoms with Crippen molar-refractivity contribution < 1.29 is 19.1 Å². The van der Waals surface area contributed by atoms with Crippen molar-refractivity contribution in [3.8, 4) is 23.5 Å². The van der Waals surface area contributed by atoms with Gasteiger partial charge in [0, 0.05) is 48.4 Å². The summed E-state index contributed by atoms with van der Waals surface area (Å²) in [6, 6.07) is 3.92. The van der Waals surface area contributed by atoms with Crippen LogP contribution >= 0.6 is 0 Å². The Hall–Kier alpha value is -3.31. The van der Waals surface area contributed by atoms with Crippen LogP contribution in [0.2, 0.25) is 0 Å². The molecule has 0 bridgehead atoms. The normalized spacial score (nSPS) is 18.5. The van der Waals surface area contributed by atoms with Gasteiger partial charge in [0.1, 0.15) is 12.4 Å². The topological polar surface area (TPSA) is 107 Å². The van der Waals surface area contributed by atoms with E-state index in [1.54, 1.807) is 18.3 Å². The number of carbonyl (C=O) groups is 2. The van der Waals surface area contributed by atoms with Crippen LogP contribution in [0.25, 0.3) is 10.8 Å². The molecule has 0 unspecified atom stereocenters. The maximum Gasteiger partial charge on any atom is 0.252 e. The van der Waals surface area contributed by atoms with Crippen LogP contribution in [-0.4, -0.2) is 59.6 Å². The fraction of sp³-hybridized carbons (Fsp3) is 0.500. The molecule has 0 saturated carbocycles. The van der Waals surface area contributed by atoms with Gasteiger partial charge in [0.05, 0.1) is 23.3 Å². The Balaban J connectivity index is 1.70. The molecule has 2 aliphatic rings. The van der Waals surface area contributed by atoms with E-state index in [1.807, 2.05) is 13.8 Å². The summed E-state index contributed by atoms with van der Waals surface area (Å²) in [5.74, 6) is 7.15. The van der Waals surface area contributed by atoms with Crippen molar-refractivity contribution in [2.45, 2.75) is 58.7 Å². The molecular weight excluding hydrogens is 432 g/mol. The van der Waals surface area contributed by atoms with Gasteiger partial charge < -0.3 is 20.5 Å². The number of rotatable bonds is 7. The molecule has 34 heavy (non-hydrogen) atoms. The molecule has 2 aliphatic heterocycles. The molecule has 2 amide bonds. The molecule has 0 radical (unpaired) electrons. The van der Waals surface area contributed by atoms with E-state index < -0.39 is 5.91 Å². The lowest BCUT2D eigenvalue weighted by atomic mass is 9.97. The Morgan fingerprint density at radius 2 is 2.03 bits per heavy atom. The number of primary amides is 1. The van der Waals surface area contributed by atoms with Gasteiger partial charge in [-0.1, -0.05) is 11.8 Å². The first-order valence-electron chi connectivity index (χ1n) is 11.8. The monoisotopic (exact) mass is 464 g/mol. The quantitative estimate of drug-likeness (QED) is 0.610. The minimum atomic E-state index is -0.573. The standard InChI is InChI=1S/C26H32N4O4/c1-15(2)30-12-17(13-30)5-6-18-11-28-26(33-14-19-7-8-24(31)29-19)21-10-23(34-16(3)4)22(25(27)32)9-20(18)21/h9-11,15-17,19H,7-8,12-14H2,1-4H3,(H2,27,32)(H,29,31)/t19-/m0/s1. The third kappa shape index (κ3) is 5.26. The second kappa shape index (κ2) is 9.90. The van der Waals surface area contributed by atoms with E-state index >= 15 is 0 Å². The van der Waals surface area contributed by atoms with E-state index in [-0.39, 0.29) is 18.1 Å². The highest BCUT2D eigenvalue weighted by Crippen LogP contribution is 2.33. The molecule has 2 fully saturated rings. The van der Waals surface area contributed by atoms with E-state index in [0.29, 0.717) is 53.1 Å². The number of amides is 2. The third-order valence-electron chi connectivity index (χ3n) is 6.14. The largest absolute Gasteiger partial charge is 0.490 e. The van der Waals surface area contributed by atoms with Gasteiger partial charge in [-0.15, -0.1) is 0 Å². The first kappa shape index (κ1) is 23.8. The van der Waals surface area contributed by atoms with Crippen molar-refractivity contribution in [2.75, 3.05) is 19.7 Å². The fourth-order valence-corrected chi connectivity index (χ4v) is 4.19. The maximum atomic E-state index is 12.2. The summed E-state index contributed by atoms with van der Waals surface area (Å²) < 4.78 is 11.9. The molecule has 2 aromatic rings. The molecule has 0 aliphatic carbocycles. The van der Waals surface area contributed by atoms with Gasteiger partial charge in [0.25, 0.3) is 5.91 Å². The number of fused-ring (bicyclic) bond motifs is 1. The Labute approximate surface area is 200 Å². The molecule has 3 heterocycles. The number of nitrogens with two attached hydrogens (primary N) is 1. The number of nitrogens with zero attached hydrogens (tertiary/aromatic N) is 2. The predicted molar refractivity (Wildman–Crippen MR) is 130 cm³/mol. The van der Waals surface area contributed by atoms with E-state index in [0.717, 1.165) is 24.9 Å². The number of benzene rings is 1. The summed E-state index contributed by atoms with van der Waals surface area (Å²) in [5, 5.41) is 4.32. The lowest BCUT2D eigenvalue weighted by molar-refractivity contribution is -0.119. The molecule has 3 N–H and O–H groups in total. The van der Waals surface area contributed by atoms with Crippen molar-refractivity contribution in [3.05, 3.63) is 29.5 Å². The summed E-state index contributed by atoms with van der Waals surface area (Å²) in [4.78, 5) is 30.6. The summed E-state index contributed by atoms with van der Waals surface area (Å²) in [6.07, 6.45) is 2.75. The minimum Gasteiger partial charge on any atom is -0.490 e. The smallest absolute Gasteiger partial charge is 0.252 e. The maximum absolute atomic E-state index is 12.2. The number of nitrogens with one attached hydrogen (secondary N) is 1. The molecule has 2 saturated heterocycles. The van der Waals surface area contributed by atoms with Crippen molar-refractivity contribution in [1.82, 2.24) is 15.2 Å². The Bertz CT molecular complexity index is 1160. The van der Waals surface area contributed by atoms with Gasteiger partial charge in [0.15, 0.2) is 0 Å². The Morgan fingerprint density at radius 3 is 2.65 bits per heavy atom. The SMILES string of the molecule is CC(C)Oc1cc2c(OC[C@@H]3CCC(=O)N3)ncc(C#CC3CN(C(C)C)C3)c2cc1C(N)=O. The number of hydrogen-bond donors (Lipinski definition) is 2. The van der Waals surface area contributed by atoms with Crippen LogP contribution in [0.4, 0.5) is 0 Å². The predicted octanol–water partition coefficient (Wildman–Crippen LogP) is 2.47. The van der Waals surface area contributed by atoms with E-state index in [2.05, 4.69) is 40.9 Å². The minimum absolute atomic E-state index is 0.0304. The number of ether oxygens (including phenoxy) is 2. The summed E-state index contributed by atoms with van der Waals surface area (Å²) in [5.41, 5.74) is 6.67. The number of pyridine rings is 1. The lowest BCUT2D eigenvalue weighted by Crippen LogP contribution is -2.49. The number of hydrogen-bond acceptors (Lipinski definition) is 6. The zero-order valence-electron chi connectivity index (χ0n) is 20.2. The highest BCUT2D eigenvalue weighted by atomic mass is 16.5. The third-order valence-corrected chi connectivity index (χ3v) is 6.14. The van der Waals surface area contributed by atoms with Crippen LogP contribution in [0, 0.1) is 17.8 Å². The molecule has 1 aromatic heterocycles. The molecule has 0 spiro atoms. The first-order chi connectivity index (χ1) is 16.2. The molecule has 180 valence electrons. The lowest BCUT2D eigenvalue weighted by Gasteiger charge is -2.39. The van der Waals surface area contributed by atoms with Crippen LogP contribution in [0.5, 0.6) is 11.6 Å². The van der Waals surface area contributed by atoms with Crippen LogP contribution < -0.4 is 20.5 Å². The van der Waals surface area contributed by atoms with Crippen LogP contribution in [-0.2, 0) is 4.79 Å². The first-order valence-corrected chi connectivity index (χ1v) is 11.8. The second-order valence-electron chi connectivity index (χ2n) is 9.53. The van der Waals surface area contributed by atoms with E-state index in [4.69, 9.17) is 15.2 Å². The van der Waals surface area contributed by atoms with Gasteiger partial charge in [-0.05, 0) is 46.2 Å². The van der Waals surface area contributed by atoms with Crippen molar-refractivity contribution >= 4 is 22.6 Å². The molecule has 4 rings (SSSR count). The number of likely N-dealkylation sites (tertiary alicyclic amines) is 1. The molecule has 8 heteroatoms. The fourth-order valence-electron chi connectivity index (χ4n) is 4.19. The highest BCUT2D eigenvalue weighted by Gasteiger charge is 2.27. The summed E-state index contributed by atoms with van der Waals surface area (Å²) in [6.45, 7) is 10.3. The van der Waals surface area contributed by atoms with Gasteiger partial charge >= 0.3 is 0 Å². The zero-order valence-corrected chi connectivity index (χ0v) is 20.2. The van der Waals surface area contributed by atoms with E-state index in [9.17, 15) is 9.59 Å². The second-order valence-corrected chi connectivity index (χ2v) is 9.53. The van der Waals surface area contributed by atoms with Gasteiger partial charge in [-0.25, -0.2) is 4.98 Å². The summed E-state index contributed by atoms with van der Waals surface area (Å²) in [7, 11) is 0. The molecule has 1 atom stereocenters. The number of carbonyl (C=O) groups excluding carboxylic acids is 2. The van der Waals surface area contributed by atoms with Crippen molar-refractivity contribution in [3.63, 3.8) is 0 Å². The summed E-state index contributed by atoms with van der Waals surface area (Å²) >= 11 is 0. The van der Waals surface area contributed by atoms with Crippen molar-refractivity contribution in [1.29, 1.82) is 0 Å². The molecular formula is C26H32N4O4. The van der Waals surface area contributed by atoms with Crippen LogP contribution in [0.1, 0.15) is 56.5 Å². The van der Waals surface area contributed by atoms with Crippen LogP contribution in [0.15, 0.2) is 18.3 Å². The zero-order chi connectivity index (χ0) is 24.4. The van der Waals surface area contributed by atoms with Crippen LogP contribution in [0.3, 0.4) is 0 Å². The van der Waals surface area contributed by atoms with Crippen molar-refractivity contribution in [2.24, 2.45) is 11.7 Å². The highest BCUT2D eigenvalue weighted by molar-refractivity contribution is 6.03. The Morgan fingerprint density at radius 1 is 1.26 bits per heavy atom.